The fourth-order valence-corrected chi connectivity index (χ4v) is 2.09. The first-order chi connectivity index (χ1) is 9.75. The molecule has 2 N–H and O–H groups in total. The molecule has 1 saturated carbocycles. The molecule has 1 fully saturated rings. The molecule has 112 valence electrons. The van der Waals surface area contributed by atoms with Crippen molar-refractivity contribution in [1.82, 2.24) is 15.0 Å². The molecule has 0 bridgehead atoms. The number of hydrogen-bond donors (Lipinski definition) is 2. The molecule has 1 aliphatic rings. The van der Waals surface area contributed by atoms with Gasteiger partial charge in [-0.25, -0.2) is 0 Å². The summed E-state index contributed by atoms with van der Waals surface area (Å²) in [6, 6.07) is 0.774. The van der Waals surface area contributed by atoms with Crippen LogP contribution in [-0.4, -0.2) is 34.6 Å². The number of ether oxygens (including phenoxy) is 1. The third-order valence-electron chi connectivity index (χ3n) is 3.47. The van der Waals surface area contributed by atoms with Crippen LogP contribution in [0.1, 0.15) is 46.0 Å². The van der Waals surface area contributed by atoms with E-state index in [0.717, 1.165) is 25.3 Å². The molecule has 1 heterocycles. The normalized spacial score (nSPS) is 15.8. The third kappa shape index (κ3) is 4.51. The van der Waals surface area contributed by atoms with Crippen molar-refractivity contribution in [1.29, 1.82) is 0 Å². The van der Waals surface area contributed by atoms with Crippen molar-refractivity contribution in [2.45, 2.75) is 52.0 Å². The summed E-state index contributed by atoms with van der Waals surface area (Å²) in [6.45, 7) is 5.13. The van der Waals surface area contributed by atoms with Crippen LogP contribution in [0.2, 0.25) is 0 Å². The molecule has 0 radical (unpaired) electrons. The molecule has 6 nitrogen and oxygen atoms in total. The molecule has 20 heavy (non-hydrogen) atoms. The zero-order chi connectivity index (χ0) is 14.4. The van der Waals surface area contributed by atoms with Crippen molar-refractivity contribution in [3.8, 4) is 6.01 Å². The molecule has 2 rings (SSSR count). The average molecular weight is 279 g/mol. The van der Waals surface area contributed by atoms with E-state index in [-0.39, 0.29) is 0 Å². The fourth-order valence-electron chi connectivity index (χ4n) is 2.09. The van der Waals surface area contributed by atoms with Crippen molar-refractivity contribution in [3.05, 3.63) is 0 Å². The first kappa shape index (κ1) is 14.8. The number of nitrogens with zero attached hydrogens (tertiary/aromatic N) is 3. The quantitative estimate of drug-likeness (QED) is 0.724. The molecule has 1 unspecified atom stereocenters. The number of rotatable bonds is 9. The number of anilines is 2. The SMILES string of the molecule is CCCNc1nc(NC(CC)CC2CC2)nc(OC)n1. The fraction of sp³-hybridized carbons (Fsp3) is 0.786. The van der Waals surface area contributed by atoms with Gasteiger partial charge in [0.05, 0.1) is 7.11 Å². The van der Waals surface area contributed by atoms with E-state index >= 15 is 0 Å². The Labute approximate surface area is 120 Å². The van der Waals surface area contributed by atoms with Gasteiger partial charge in [0, 0.05) is 12.6 Å². The lowest BCUT2D eigenvalue weighted by atomic mass is 10.1. The standard InChI is InChI=1S/C14H25N5O/c1-4-8-15-12-17-13(19-14(18-12)20-3)16-11(5-2)9-10-6-7-10/h10-11H,4-9H2,1-3H3,(H2,15,16,17,18,19). The van der Waals surface area contributed by atoms with E-state index in [0.29, 0.717) is 23.9 Å². The Morgan fingerprint density at radius 2 is 1.95 bits per heavy atom. The Balaban J connectivity index is 2.03. The van der Waals surface area contributed by atoms with Crippen LogP contribution >= 0.6 is 0 Å². The number of methoxy groups -OCH3 is 1. The highest BCUT2D eigenvalue weighted by Gasteiger charge is 2.25. The molecule has 1 atom stereocenters. The Bertz CT molecular complexity index is 422. The summed E-state index contributed by atoms with van der Waals surface area (Å²) in [4.78, 5) is 12.9. The summed E-state index contributed by atoms with van der Waals surface area (Å²) < 4.78 is 5.14. The summed E-state index contributed by atoms with van der Waals surface area (Å²) in [6.07, 6.45) is 6.02. The van der Waals surface area contributed by atoms with Gasteiger partial charge in [-0.05, 0) is 25.2 Å². The highest BCUT2D eigenvalue weighted by atomic mass is 16.5. The molecule has 0 aromatic carbocycles. The van der Waals surface area contributed by atoms with Crippen LogP contribution in [0.3, 0.4) is 0 Å². The predicted molar refractivity (Wildman–Crippen MR) is 80.2 cm³/mol. The minimum atomic E-state index is 0.349. The number of nitrogens with one attached hydrogen (secondary N) is 2. The van der Waals surface area contributed by atoms with Crippen LogP contribution in [0.5, 0.6) is 6.01 Å². The van der Waals surface area contributed by atoms with E-state index in [9.17, 15) is 0 Å². The van der Waals surface area contributed by atoms with Crippen molar-refractivity contribution in [3.63, 3.8) is 0 Å². The van der Waals surface area contributed by atoms with Gasteiger partial charge in [0.15, 0.2) is 0 Å². The lowest BCUT2D eigenvalue weighted by molar-refractivity contribution is 0.379. The Morgan fingerprint density at radius 3 is 2.55 bits per heavy atom. The van der Waals surface area contributed by atoms with Crippen LogP contribution in [0.15, 0.2) is 0 Å². The van der Waals surface area contributed by atoms with E-state index < -0.39 is 0 Å². The molecule has 0 saturated heterocycles. The minimum absolute atomic E-state index is 0.349. The molecule has 1 aromatic rings. The summed E-state index contributed by atoms with van der Waals surface area (Å²) >= 11 is 0. The monoisotopic (exact) mass is 279 g/mol. The van der Waals surface area contributed by atoms with Crippen LogP contribution in [0, 0.1) is 5.92 Å². The predicted octanol–water partition coefficient (Wildman–Crippen LogP) is 2.69. The maximum atomic E-state index is 5.14. The molecule has 1 aromatic heterocycles. The summed E-state index contributed by atoms with van der Waals surface area (Å²) in [7, 11) is 1.57. The maximum absolute atomic E-state index is 5.14. The number of aromatic nitrogens is 3. The van der Waals surface area contributed by atoms with Crippen LogP contribution in [0.25, 0.3) is 0 Å². The summed E-state index contributed by atoms with van der Waals surface area (Å²) in [5.41, 5.74) is 0. The van der Waals surface area contributed by atoms with Crippen molar-refractivity contribution < 1.29 is 4.74 Å². The van der Waals surface area contributed by atoms with Gasteiger partial charge < -0.3 is 15.4 Å². The Morgan fingerprint density at radius 1 is 1.20 bits per heavy atom. The second kappa shape index (κ2) is 7.26. The van der Waals surface area contributed by atoms with Gasteiger partial charge >= 0.3 is 6.01 Å². The van der Waals surface area contributed by atoms with E-state index in [2.05, 4.69) is 39.4 Å². The second-order valence-corrected chi connectivity index (χ2v) is 5.32. The Kier molecular flexibility index (Phi) is 5.38. The molecular weight excluding hydrogens is 254 g/mol. The topological polar surface area (TPSA) is 72.0 Å². The number of hydrogen-bond acceptors (Lipinski definition) is 6. The lowest BCUT2D eigenvalue weighted by Gasteiger charge is -2.17. The molecular formula is C14H25N5O. The van der Waals surface area contributed by atoms with E-state index in [1.165, 1.54) is 19.3 Å². The van der Waals surface area contributed by atoms with E-state index in [1.807, 2.05) is 0 Å². The van der Waals surface area contributed by atoms with Gasteiger partial charge in [-0.2, -0.15) is 15.0 Å². The maximum Gasteiger partial charge on any atom is 0.322 e. The lowest BCUT2D eigenvalue weighted by Crippen LogP contribution is -2.21. The van der Waals surface area contributed by atoms with Gasteiger partial charge in [-0.1, -0.05) is 26.7 Å². The van der Waals surface area contributed by atoms with E-state index in [1.54, 1.807) is 7.11 Å². The first-order valence-electron chi connectivity index (χ1n) is 7.55. The Hall–Kier alpha value is -1.59. The van der Waals surface area contributed by atoms with Gasteiger partial charge in [-0.15, -0.1) is 0 Å². The second-order valence-electron chi connectivity index (χ2n) is 5.32. The van der Waals surface area contributed by atoms with Gasteiger partial charge in [-0.3, -0.25) is 0 Å². The molecule has 0 spiro atoms. The molecule has 1 aliphatic carbocycles. The van der Waals surface area contributed by atoms with Crippen molar-refractivity contribution in [2.75, 3.05) is 24.3 Å². The smallest absolute Gasteiger partial charge is 0.322 e. The van der Waals surface area contributed by atoms with Gasteiger partial charge in [0.2, 0.25) is 11.9 Å². The zero-order valence-corrected chi connectivity index (χ0v) is 12.6. The third-order valence-corrected chi connectivity index (χ3v) is 3.47. The largest absolute Gasteiger partial charge is 0.467 e. The van der Waals surface area contributed by atoms with Gasteiger partial charge in [0.25, 0.3) is 0 Å². The van der Waals surface area contributed by atoms with Crippen LogP contribution < -0.4 is 15.4 Å². The van der Waals surface area contributed by atoms with Gasteiger partial charge in [0.1, 0.15) is 0 Å². The zero-order valence-electron chi connectivity index (χ0n) is 12.6. The summed E-state index contributed by atoms with van der Waals surface area (Å²) in [5, 5.41) is 6.58. The highest BCUT2D eigenvalue weighted by molar-refractivity contribution is 5.36. The first-order valence-corrected chi connectivity index (χ1v) is 7.55. The minimum Gasteiger partial charge on any atom is -0.467 e. The van der Waals surface area contributed by atoms with Crippen molar-refractivity contribution in [2.24, 2.45) is 5.92 Å². The van der Waals surface area contributed by atoms with Crippen LogP contribution in [-0.2, 0) is 0 Å². The molecule has 0 aliphatic heterocycles. The molecule has 0 amide bonds. The summed E-state index contributed by atoms with van der Waals surface area (Å²) in [5.74, 6) is 2.05. The average Bonchev–Trinajstić information content (AvgIpc) is 3.28. The highest BCUT2D eigenvalue weighted by Crippen LogP contribution is 2.34. The van der Waals surface area contributed by atoms with Crippen molar-refractivity contribution >= 4 is 11.9 Å². The van der Waals surface area contributed by atoms with E-state index in [4.69, 9.17) is 4.74 Å². The molecule has 6 heteroatoms. The van der Waals surface area contributed by atoms with Crippen LogP contribution in [0.4, 0.5) is 11.9 Å².